The van der Waals surface area contributed by atoms with Gasteiger partial charge in [-0.1, -0.05) is 0 Å². The molecule has 1 aliphatic heterocycles. The third kappa shape index (κ3) is 2.82. The Morgan fingerprint density at radius 1 is 1.38 bits per heavy atom. The van der Waals surface area contributed by atoms with Gasteiger partial charge in [0.25, 0.3) is 0 Å². The minimum Gasteiger partial charge on any atom is -0.379 e. The zero-order valence-corrected chi connectivity index (χ0v) is 9.79. The Morgan fingerprint density at radius 2 is 2.19 bits per heavy atom. The monoisotopic (exact) mass is 222 g/mol. The van der Waals surface area contributed by atoms with E-state index < -0.39 is 0 Å². The van der Waals surface area contributed by atoms with Crippen molar-refractivity contribution in [1.82, 2.24) is 9.97 Å². The van der Waals surface area contributed by atoms with E-state index in [2.05, 4.69) is 20.6 Å². The molecular formula is C11H18N4O. The molecule has 0 aromatic carbocycles. The second-order valence-corrected chi connectivity index (χ2v) is 3.99. The molecule has 0 radical (unpaired) electrons. The van der Waals surface area contributed by atoms with Crippen molar-refractivity contribution in [2.75, 3.05) is 30.9 Å². The van der Waals surface area contributed by atoms with Gasteiger partial charge in [-0.05, 0) is 19.8 Å². The van der Waals surface area contributed by atoms with Gasteiger partial charge in [0.15, 0.2) is 0 Å². The first-order chi connectivity index (χ1) is 7.78. The molecule has 0 aliphatic carbocycles. The molecular weight excluding hydrogens is 204 g/mol. The molecule has 0 bridgehead atoms. The lowest BCUT2D eigenvalue weighted by Crippen LogP contribution is -2.30. The molecule has 2 N–H and O–H groups in total. The van der Waals surface area contributed by atoms with E-state index >= 15 is 0 Å². The van der Waals surface area contributed by atoms with E-state index in [1.165, 1.54) is 0 Å². The largest absolute Gasteiger partial charge is 0.379 e. The van der Waals surface area contributed by atoms with Gasteiger partial charge in [-0.15, -0.1) is 0 Å². The molecule has 1 atom stereocenters. The van der Waals surface area contributed by atoms with Gasteiger partial charge in [0.1, 0.15) is 17.5 Å². The predicted molar refractivity (Wildman–Crippen MR) is 63.8 cm³/mol. The van der Waals surface area contributed by atoms with E-state index in [0.717, 1.165) is 43.5 Å². The number of ether oxygens (including phenoxy) is 1. The summed E-state index contributed by atoms with van der Waals surface area (Å²) in [6.07, 6.45) is 2.25. The Kier molecular flexibility index (Phi) is 3.56. The van der Waals surface area contributed by atoms with Crippen LogP contribution in [0.2, 0.25) is 0 Å². The number of nitrogens with one attached hydrogen (secondary N) is 2. The third-order valence-electron chi connectivity index (χ3n) is 2.61. The van der Waals surface area contributed by atoms with E-state index in [1.807, 2.05) is 20.0 Å². The highest BCUT2D eigenvalue weighted by Gasteiger charge is 2.14. The summed E-state index contributed by atoms with van der Waals surface area (Å²) >= 11 is 0. The molecule has 16 heavy (non-hydrogen) atoms. The fourth-order valence-electron chi connectivity index (χ4n) is 1.83. The highest BCUT2D eigenvalue weighted by atomic mass is 16.5. The van der Waals surface area contributed by atoms with Crippen molar-refractivity contribution in [2.24, 2.45) is 0 Å². The normalized spacial score (nSPS) is 20.5. The van der Waals surface area contributed by atoms with Gasteiger partial charge in [0, 0.05) is 19.7 Å². The fraction of sp³-hybridized carbons (Fsp3) is 0.636. The summed E-state index contributed by atoms with van der Waals surface area (Å²) in [6, 6.07) is 2.29. The van der Waals surface area contributed by atoms with Crippen LogP contribution in [0.3, 0.4) is 0 Å². The third-order valence-corrected chi connectivity index (χ3v) is 2.61. The Balaban J connectivity index is 2.04. The SMILES string of the molecule is CNc1cc(NC2CCCOC2)nc(C)n1. The van der Waals surface area contributed by atoms with Gasteiger partial charge in [-0.25, -0.2) is 9.97 Å². The average molecular weight is 222 g/mol. The summed E-state index contributed by atoms with van der Waals surface area (Å²) < 4.78 is 5.42. The minimum absolute atomic E-state index is 0.368. The highest BCUT2D eigenvalue weighted by Crippen LogP contribution is 2.15. The van der Waals surface area contributed by atoms with Crippen molar-refractivity contribution in [1.29, 1.82) is 0 Å². The first-order valence-corrected chi connectivity index (χ1v) is 5.65. The molecule has 2 rings (SSSR count). The summed E-state index contributed by atoms with van der Waals surface area (Å²) in [5.41, 5.74) is 0. The van der Waals surface area contributed by atoms with Gasteiger partial charge < -0.3 is 15.4 Å². The first kappa shape index (κ1) is 11.1. The summed E-state index contributed by atoms with van der Waals surface area (Å²) in [5, 5.41) is 6.40. The van der Waals surface area contributed by atoms with E-state index in [0.29, 0.717) is 6.04 Å². The molecule has 0 amide bonds. The molecule has 1 aliphatic rings. The number of aryl methyl sites for hydroxylation is 1. The molecule has 1 aromatic heterocycles. The highest BCUT2D eigenvalue weighted by molar-refractivity contribution is 5.47. The van der Waals surface area contributed by atoms with Crippen LogP contribution in [0.4, 0.5) is 11.6 Å². The quantitative estimate of drug-likeness (QED) is 0.810. The van der Waals surface area contributed by atoms with Crippen molar-refractivity contribution in [2.45, 2.75) is 25.8 Å². The molecule has 1 unspecified atom stereocenters. The molecule has 5 heteroatoms. The predicted octanol–water partition coefficient (Wildman–Crippen LogP) is 1.42. The Bertz CT molecular complexity index is 350. The van der Waals surface area contributed by atoms with E-state index in [1.54, 1.807) is 0 Å². The fourth-order valence-corrected chi connectivity index (χ4v) is 1.83. The standard InChI is InChI=1S/C11H18N4O/c1-8-13-10(12-2)6-11(14-8)15-9-4-3-5-16-7-9/h6,9H,3-5,7H2,1-2H3,(H2,12,13,14,15). The summed E-state index contributed by atoms with van der Waals surface area (Å²) in [6.45, 7) is 3.53. The second-order valence-electron chi connectivity index (χ2n) is 3.99. The maximum absolute atomic E-state index is 5.42. The van der Waals surface area contributed by atoms with Crippen LogP contribution in [0.25, 0.3) is 0 Å². The number of aromatic nitrogens is 2. The van der Waals surface area contributed by atoms with Crippen LogP contribution in [0.15, 0.2) is 6.07 Å². The van der Waals surface area contributed by atoms with Crippen LogP contribution >= 0.6 is 0 Å². The van der Waals surface area contributed by atoms with E-state index in [4.69, 9.17) is 4.74 Å². The lowest BCUT2D eigenvalue weighted by molar-refractivity contribution is 0.0875. The zero-order chi connectivity index (χ0) is 11.4. The van der Waals surface area contributed by atoms with Gasteiger partial charge in [-0.2, -0.15) is 0 Å². The maximum Gasteiger partial charge on any atom is 0.132 e. The Hall–Kier alpha value is -1.36. The summed E-state index contributed by atoms with van der Waals surface area (Å²) in [7, 11) is 1.86. The number of nitrogens with zero attached hydrogens (tertiary/aromatic N) is 2. The van der Waals surface area contributed by atoms with E-state index in [9.17, 15) is 0 Å². The van der Waals surface area contributed by atoms with Gasteiger partial charge in [-0.3, -0.25) is 0 Å². The summed E-state index contributed by atoms with van der Waals surface area (Å²) in [4.78, 5) is 8.61. The minimum atomic E-state index is 0.368. The van der Waals surface area contributed by atoms with Crippen molar-refractivity contribution in [3.63, 3.8) is 0 Å². The molecule has 0 saturated carbocycles. The molecule has 5 nitrogen and oxygen atoms in total. The number of anilines is 2. The first-order valence-electron chi connectivity index (χ1n) is 5.65. The molecule has 1 saturated heterocycles. The molecule has 2 heterocycles. The van der Waals surface area contributed by atoms with Crippen molar-refractivity contribution < 1.29 is 4.74 Å². The molecule has 1 aromatic rings. The molecule has 0 spiro atoms. The van der Waals surface area contributed by atoms with Crippen molar-refractivity contribution in [3.8, 4) is 0 Å². The lowest BCUT2D eigenvalue weighted by Gasteiger charge is -2.23. The van der Waals surface area contributed by atoms with Crippen LogP contribution < -0.4 is 10.6 Å². The summed E-state index contributed by atoms with van der Waals surface area (Å²) in [5.74, 6) is 2.48. The van der Waals surface area contributed by atoms with Gasteiger partial charge >= 0.3 is 0 Å². The topological polar surface area (TPSA) is 59.1 Å². The number of rotatable bonds is 3. The zero-order valence-electron chi connectivity index (χ0n) is 9.79. The van der Waals surface area contributed by atoms with E-state index in [-0.39, 0.29) is 0 Å². The van der Waals surface area contributed by atoms with Gasteiger partial charge in [0.05, 0.1) is 12.6 Å². The van der Waals surface area contributed by atoms with Crippen molar-refractivity contribution >= 4 is 11.6 Å². The maximum atomic E-state index is 5.42. The molecule has 88 valence electrons. The Morgan fingerprint density at radius 3 is 2.88 bits per heavy atom. The van der Waals surface area contributed by atoms with Crippen LogP contribution in [0.1, 0.15) is 18.7 Å². The van der Waals surface area contributed by atoms with Crippen molar-refractivity contribution in [3.05, 3.63) is 11.9 Å². The molecule has 1 fully saturated rings. The van der Waals surface area contributed by atoms with Crippen LogP contribution in [0, 0.1) is 6.92 Å². The lowest BCUT2D eigenvalue weighted by atomic mass is 10.1. The number of hydrogen-bond acceptors (Lipinski definition) is 5. The smallest absolute Gasteiger partial charge is 0.132 e. The van der Waals surface area contributed by atoms with Crippen LogP contribution in [-0.4, -0.2) is 36.3 Å². The van der Waals surface area contributed by atoms with Crippen LogP contribution in [0.5, 0.6) is 0 Å². The average Bonchev–Trinajstić information content (AvgIpc) is 2.29. The Labute approximate surface area is 95.6 Å². The second kappa shape index (κ2) is 5.12. The number of hydrogen-bond donors (Lipinski definition) is 2. The van der Waals surface area contributed by atoms with Gasteiger partial charge in [0.2, 0.25) is 0 Å². The van der Waals surface area contributed by atoms with Crippen LogP contribution in [-0.2, 0) is 4.74 Å².